The molecule has 0 atom stereocenters. The van der Waals surface area contributed by atoms with Gasteiger partial charge < -0.3 is 38.4 Å². The number of hydrogen-bond acceptors (Lipinski definition) is 14. The van der Waals surface area contributed by atoms with Gasteiger partial charge in [-0.1, -0.05) is 28.1 Å². The fourth-order valence-corrected chi connectivity index (χ4v) is 7.64. The predicted octanol–water partition coefficient (Wildman–Crippen LogP) is 2.88. The Bertz CT molecular complexity index is 2440. The molecular weight excluding hydrogens is 882 g/mol. The van der Waals surface area contributed by atoms with Crippen LogP contribution in [0.25, 0.3) is 21.5 Å². The van der Waals surface area contributed by atoms with Crippen LogP contribution in [0.15, 0.2) is 50.5 Å². The van der Waals surface area contributed by atoms with Gasteiger partial charge in [0, 0.05) is 60.2 Å². The molecule has 63 heavy (non-hydrogen) atoms. The van der Waals surface area contributed by atoms with Crippen LogP contribution in [-0.4, -0.2) is 143 Å². The molecule has 5 heterocycles. The van der Waals surface area contributed by atoms with Gasteiger partial charge in [-0.15, -0.1) is 0 Å². The van der Waals surface area contributed by atoms with Crippen LogP contribution in [0.4, 0.5) is 5.69 Å². The Hall–Kier alpha value is -5.24. The Morgan fingerprint density at radius 2 is 0.984 bits per heavy atom. The summed E-state index contributed by atoms with van der Waals surface area (Å²) in [7, 11) is 0. The first-order valence-corrected chi connectivity index (χ1v) is 21.8. The first-order chi connectivity index (χ1) is 29.8. The van der Waals surface area contributed by atoms with Crippen molar-refractivity contribution in [3.05, 3.63) is 73.0 Å². The number of fused-ring (bicyclic) bond motifs is 2. The third-order valence-corrected chi connectivity index (χ3v) is 10.6. The zero-order valence-corrected chi connectivity index (χ0v) is 38.4. The molecule has 0 saturated carbocycles. The second-order valence-electron chi connectivity index (χ2n) is 17.4. The van der Waals surface area contributed by atoms with Crippen LogP contribution in [0.2, 0.25) is 0 Å². The smallest absolute Gasteiger partial charge is 0.312 e. The van der Waals surface area contributed by atoms with Crippen molar-refractivity contribution >= 4 is 66.9 Å². The Balaban J connectivity index is 0.000000213. The maximum atomic E-state index is 13.4. The molecule has 0 bridgehead atoms. The lowest BCUT2D eigenvalue weighted by Crippen LogP contribution is -2.44. The molecule has 0 spiro atoms. The van der Waals surface area contributed by atoms with Crippen LogP contribution in [0.5, 0.6) is 0 Å². The van der Waals surface area contributed by atoms with Gasteiger partial charge in [0.25, 0.3) is 11.1 Å². The van der Waals surface area contributed by atoms with E-state index >= 15 is 0 Å². The van der Waals surface area contributed by atoms with E-state index < -0.39 is 23.1 Å². The standard InChI is InChI=1S/C24H32N4O6.C20H24BrN3O5/c1-24(2,3)34-22(30)15-20-18-5-4-17(26-6-10-32-11-7-26)14-19(18)23(31)28(25-20)16-21(29)27-8-12-33-13-9-27;1-20(2,3)29-18(26)11-16-14-5-4-13(21)10-15(14)19(27)24(22-16)12-17(25)23-6-8-28-9-7-23/h4-5,14H,6-13,15-16H2,1-3H3;4-5,10H,6-9,11-12H2,1-3H3. The molecule has 2 amide bonds. The van der Waals surface area contributed by atoms with E-state index in [1.807, 2.05) is 18.2 Å². The average molecular weight is 939 g/mol. The molecular formula is C44H56BrN7O11. The molecule has 0 N–H and O–H groups in total. The minimum Gasteiger partial charge on any atom is -0.460 e. The third kappa shape index (κ3) is 12.9. The van der Waals surface area contributed by atoms with Gasteiger partial charge in [-0.25, -0.2) is 9.36 Å². The maximum absolute atomic E-state index is 13.4. The molecule has 3 aliphatic heterocycles. The SMILES string of the molecule is CC(C)(C)OC(=O)Cc1nn(CC(=O)N2CCOCC2)c(=O)c2cc(Br)ccc12.CC(C)(C)OC(=O)Cc1nn(CC(=O)N2CCOCC2)c(=O)c2cc(N3CCOCC3)ccc12. The van der Waals surface area contributed by atoms with Gasteiger partial charge in [0.05, 0.1) is 74.6 Å². The molecule has 3 saturated heterocycles. The summed E-state index contributed by atoms with van der Waals surface area (Å²) in [5.41, 5.74) is -0.305. The fourth-order valence-electron chi connectivity index (χ4n) is 7.28. The molecule has 3 fully saturated rings. The number of carbonyl (C=O) groups is 4. The molecule has 340 valence electrons. The number of esters is 2. The maximum Gasteiger partial charge on any atom is 0.312 e. The lowest BCUT2D eigenvalue weighted by Gasteiger charge is -2.29. The van der Waals surface area contributed by atoms with E-state index in [2.05, 4.69) is 31.0 Å². The number of ether oxygens (including phenoxy) is 5. The Kier molecular flexibility index (Phi) is 15.4. The largest absolute Gasteiger partial charge is 0.460 e. The van der Waals surface area contributed by atoms with E-state index in [1.54, 1.807) is 69.5 Å². The van der Waals surface area contributed by atoms with Crippen molar-refractivity contribution in [1.29, 1.82) is 0 Å². The molecule has 0 radical (unpaired) electrons. The Morgan fingerprint density at radius 3 is 1.41 bits per heavy atom. The Morgan fingerprint density at radius 1 is 0.587 bits per heavy atom. The van der Waals surface area contributed by atoms with Gasteiger partial charge in [-0.05, 0) is 65.8 Å². The number of carbonyl (C=O) groups excluding carboxylic acids is 4. The van der Waals surface area contributed by atoms with Crippen LogP contribution < -0.4 is 16.0 Å². The minimum absolute atomic E-state index is 0.0958. The molecule has 2 aromatic heterocycles. The molecule has 0 unspecified atom stereocenters. The summed E-state index contributed by atoms with van der Waals surface area (Å²) < 4.78 is 29.9. The van der Waals surface area contributed by atoms with E-state index in [9.17, 15) is 28.8 Å². The zero-order chi connectivity index (χ0) is 45.5. The normalized spacial score (nSPS) is 16.1. The summed E-state index contributed by atoms with van der Waals surface area (Å²) in [5, 5.41) is 10.8. The quantitative estimate of drug-likeness (QED) is 0.223. The molecule has 3 aliphatic rings. The highest BCUT2D eigenvalue weighted by molar-refractivity contribution is 9.10. The van der Waals surface area contributed by atoms with E-state index in [0.29, 0.717) is 98.8 Å². The van der Waals surface area contributed by atoms with Crippen molar-refractivity contribution in [2.45, 2.75) is 78.7 Å². The van der Waals surface area contributed by atoms with Gasteiger partial charge >= 0.3 is 11.9 Å². The first-order valence-electron chi connectivity index (χ1n) is 21.1. The van der Waals surface area contributed by atoms with E-state index in [4.69, 9.17) is 23.7 Å². The van der Waals surface area contributed by atoms with Gasteiger partial charge in [0.2, 0.25) is 11.8 Å². The number of aromatic nitrogens is 4. The zero-order valence-electron chi connectivity index (χ0n) is 36.8. The lowest BCUT2D eigenvalue weighted by molar-refractivity contribution is -0.155. The number of amides is 2. The topological polar surface area (TPSA) is 194 Å². The fraction of sp³-hybridized carbons (Fsp3) is 0.545. The predicted molar refractivity (Wildman–Crippen MR) is 237 cm³/mol. The van der Waals surface area contributed by atoms with E-state index in [1.165, 1.54) is 4.68 Å². The number of anilines is 1. The number of benzene rings is 2. The van der Waals surface area contributed by atoms with Crippen LogP contribution in [0.3, 0.4) is 0 Å². The van der Waals surface area contributed by atoms with Crippen molar-refractivity contribution < 1.29 is 42.9 Å². The highest BCUT2D eigenvalue weighted by Crippen LogP contribution is 2.24. The summed E-state index contributed by atoms with van der Waals surface area (Å²) >= 11 is 3.37. The summed E-state index contributed by atoms with van der Waals surface area (Å²) in [6.45, 7) is 16.9. The number of rotatable bonds is 9. The average Bonchev–Trinajstić information content (AvgIpc) is 3.23. The van der Waals surface area contributed by atoms with Crippen molar-refractivity contribution in [1.82, 2.24) is 29.4 Å². The second-order valence-corrected chi connectivity index (χ2v) is 18.3. The minimum atomic E-state index is -0.642. The third-order valence-electron chi connectivity index (χ3n) is 10.2. The molecule has 7 rings (SSSR count). The van der Waals surface area contributed by atoms with Gasteiger partial charge in [0.15, 0.2) is 0 Å². The number of nitrogens with zero attached hydrogens (tertiary/aromatic N) is 7. The summed E-state index contributed by atoms with van der Waals surface area (Å²) in [5.74, 6) is -1.30. The van der Waals surface area contributed by atoms with Crippen LogP contribution in [-0.2, 0) is 68.8 Å². The van der Waals surface area contributed by atoms with Crippen LogP contribution >= 0.6 is 15.9 Å². The van der Waals surface area contributed by atoms with Gasteiger partial charge in [-0.2, -0.15) is 10.2 Å². The summed E-state index contributed by atoms with van der Waals surface area (Å²) in [4.78, 5) is 82.2. The van der Waals surface area contributed by atoms with Gasteiger partial charge in [-0.3, -0.25) is 28.8 Å². The summed E-state index contributed by atoms with van der Waals surface area (Å²) in [6, 6.07) is 10.8. The van der Waals surface area contributed by atoms with Crippen molar-refractivity contribution in [2.24, 2.45) is 0 Å². The number of morpholine rings is 3. The van der Waals surface area contributed by atoms with Crippen molar-refractivity contribution in [2.75, 3.05) is 83.8 Å². The lowest BCUT2D eigenvalue weighted by atomic mass is 10.1. The molecule has 19 heteroatoms. The van der Waals surface area contributed by atoms with Crippen molar-refractivity contribution in [3.63, 3.8) is 0 Å². The second kappa shape index (κ2) is 20.5. The molecule has 4 aromatic rings. The molecule has 2 aromatic carbocycles. The Labute approximate surface area is 373 Å². The number of halogens is 1. The monoisotopic (exact) mass is 937 g/mol. The molecule has 18 nitrogen and oxygen atoms in total. The number of hydrogen-bond donors (Lipinski definition) is 0. The van der Waals surface area contributed by atoms with Crippen LogP contribution in [0.1, 0.15) is 52.9 Å². The van der Waals surface area contributed by atoms with E-state index in [-0.39, 0.29) is 48.9 Å². The van der Waals surface area contributed by atoms with Crippen molar-refractivity contribution in [3.8, 4) is 0 Å². The van der Waals surface area contributed by atoms with E-state index in [0.717, 1.165) is 27.9 Å². The van der Waals surface area contributed by atoms with Crippen LogP contribution in [0, 0.1) is 0 Å². The highest BCUT2D eigenvalue weighted by Gasteiger charge is 2.25. The summed E-state index contributed by atoms with van der Waals surface area (Å²) in [6.07, 6.45) is -0.196. The van der Waals surface area contributed by atoms with Gasteiger partial charge in [0.1, 0.15) is 24.3 Å². The molecule has 0 aliphatic carbocycles. The first kappa shape index (κ1) is 47.2. The highest BCUT2D eigenvalue weighted by atomic mass is 79.9.